The second kappa shape index (κ2) is 8.55. The summed E-state index contributed by atoms with van der Waals surface area (Å²) in [6.45, 7) is 6.25. The molecule has 0 saturated heterocycles. The third-order valence-corrected chi connectivity index (χ3v) is 2.63. The number of rotatable bonds is 8. The molecule has 0 aliphatic carbocycles. The molecular formula is C15H23NO4. The van der Waals surface area contributed by atoms with Crippen LogP contribution in [0.2, 0.25) is 0 Å². The van der Waals surface area contributed by atoms with E-state index in [1.54, 1.807) is 31.2 Å². The van der Waals surface area contributed by atoms with E-state index in [9.17, 15) is 4.79 Å². The van der Waals surface area contributed by atoms with Gasteiger partial charge in [0, 0.05) is 6.04 Å². The fourth-order valence-corrected chi connectivity index (χ4v) is 1.70. The zero-order valence-corrected chi connectivity index (χ0v) is 12.3. The van der Waals surface area contributed by atoms with E-state index >= 15 is 0 Å². The zero-order chi connectivity index (χ0) is 15.0. The van der Waals surface area contributed by atoms with E-state index in [0.717, 1.165) is 5.56 Å². The van der Waals surface area contributed by atoms with Crippen LogP contribution in [0.1, 0.15) is 26.3 Å². The average molecular weight is 281 g/mol. The van der Waals surface area contributed by atoms with Gasteiger partial charge in [0.15, 0.2) is 0 Å². The van der Waals surface area contributed by atoms with E-state index in [1.165, 1.54) is 0 Å². The van der Waals surface area contributed by atoms with Gasteiger partial charge in [-0.05, 0) is 24.6 Å². The molecule has 20 heavy (non-hydrogen) atoms. The van der Waals surface area contributed by atoms with E-state index in [4.69, 9.17) is 14.6 Å². The van der Waals surface area contributed by atoms with Gasteiger partial charge in [-0.15, -0.1) is 0 Å². The highest BCUT2D eigenvalue weighted by Gasteiger charge is 2.21. The standard InChI is InChI=1S/C15H23NO4/c1-4-19-15(18)14(16-11(2)3)10-20-13-7-5-12(9-17)6-8-13/h5-8,11,14,16-17H,4,9-10H2,1-3H3. The first kappa shape index (κ1) is 16.5. The molecule has 0 amide bonds. The molecule has 0 fully saturated rings. The molecule has 0 aliphatic rings. The Balaban J connectivity index is 2.57. The molecule has 2 N–H and O–H groups in total. The molecular weight excluding hydrogens is 258 g/mol. The van der Waals surface area contributed by atoms with Crippen molar-refractivity contribution in [2.45, 2.75) is 39.5 Å². The topological polar surface area (TPSA) is 67.8 Å². The van der Waals surface area contributed by atoms with Gasteiger partial charge in [-0.2, -0.15) is 0 Å². The molecule has 5 nitrogen and oxygen atoms in total. The van der Waals surface area contributed by atoms with E-state index in [2.05, 4.69) is 5.32 Å². The third kappa shape index (κ3) is 5.59. The van der Waals surface area contributed by atoms with E-state index < -0.39 is 6.04 Å². The molecule has 0 spiro atoms. The minimum Gasteiger partial charge on any atom is -0.491 e. The fraction of sp³-hybridized carbons (Fsp3) is 0.533. The summed E-state index contributed by atoms with van der Waals surface area (Å²) in [5.41, 5.74) is 0.819. The van der Waals surface area contributed by atoms with Gasteiger partial charge in [0.2, 0.25) is 0 Å². The van der Waals surface area contributed by atoms with Crippen LogP contribution in [0, 0.1) is 0 Å². The zero-order valence-electron chi connectivity index (χ0n) is 12.3. The van der Waals surface area contributed by atoms with Crippen molar-refractivity contribution in [2.75, 3.05) is 13.2 Å². The number of aliphatic hydroxyl groups excluding tert-OH is 1. The van der Waals surface area contributed by atoms with E-state index in [1.807, 2.05) is 13.8 Å². The number of carbonyl (C=O) groups excluding carboxylic acids is 1. The third-order valence-electron chi connectivity index (χ3n) is 2.63. The van der Waals surface area contributed by atoms with Crippen molar-refractivity contribution in [3.8, 4) is 5.75 Å². The van der Waals surface area contributed by atoms with Crippen LogP contribution in [-0.4, -0.2) is 36.4 Å². The number of carbonyl (C=O) groups is 1. The molecule has 1 atom stereocenters. The van der Waals surface area contributed by atoms with Crippen molar-refractivity contribution in [2.24, 2.45) is 0 Å². The smallest absolute Gasteiger partial charge is 0.326 e. The average Bonchev–Trinajstić information content (AvgIpc) is 2.43. The minimum atomic E-state index is -0.493. The van der Waals surface area contributed by atoms with Gasteiger partial charge in [0.25, 0.3) is 0 Å². The van der Waals surface area contributed by atoms with Crippen molar-refractivity contribution < 1.29 is 19.4 Å². The second-order valence-corrected chi connectivity index (χ2v) is 4.74. The normalized spacial score (nSPS) is 12.2. The number of nitrogens with one attached hydrogen (secondary N) is 1. The van der Waals surface area contributed by atoms with Gasteiger partial charge < -0.3 is 14.6 Å². The predicted molar refractivity (Wildman–Crippen MR) is 76.6 cm³/mol. The summed E-state index contributed by atoms with van der Waals surface area (Å²) in [4.78, 5) is 11.8. The molecule has 1 rings (SSSR count). The van der Waals surface area contributed by atoms with Crippen LogP contribution in [0.15, 0.2) is 24.3 Å². The molecule has 0 heterocycles. The maximum Gasteiger partial charge on any atom is 0.326 e. The lowest BCUT2D eigenvalue weighted by Gasteiger charge is -2.20. The fourth-order valence-electron chi connectivity index (χ4n) is 1.70. The van der Waals surface area contributed by atoms with Gasteiger partial charge in [-0.25, -0.2) is 0 Å². The van der Waals surface area contributed by atoms with Crippen LogP contribution < -0.4 is 10.1 Å². The quantitative estimate of drug-likeness (QED) is 0.707. The number of esters is 1. The van der Waals surface area contributed by atoms with Gasteiger partial charge in [0.05, 0.1) is 13.2 Å². The molecule has 0 radical (unpaired) electrons. The number of aliphatic hydroxyl groups is 1. The highest BCUT2D eigenvalue weighted by Crippen LogP contribution is 2.12. The highest BCUT2D eigenvalue weighted by atomic mass is 16.5. The Hall–Kier alpha value is -1.59. The Morgan fingerprint density at radius 1 is 1.30 bits per heavy atom. The Kier molecular flexibility index (Phi) is 7.04. The van der Waals surface area contributed by atoms with Crippen molar-refractivity contribution in [3.63, 3.8) is 0 Å². The Bertz CT molecular complexity index is 403. The molecule has 1 unspecified atom stereocenters. The van der Waals surface area contributed by atoms with Crippen molar-refractivity contribution in [3.05, 3.63) is 29.8 Å². The molecule has 0 bridgehead atoms. The maximum absolute atomic E-state index is 11.8. The SMILES string of the molecule is CCOC(=O)C(COc1ccc(CO)cc1)NC(C)C. The van der Waals surface area contributed by atoms with Crippen molar-refractivity contribution in [1.82, 2.24) is 5.32 Å². The molecule has 112 valence electrons. The van der Waals surface area contributed by atoms with Gasteiger partial charge in [-0.1, -0.05) is 26.0 Å². The van der Waals surface area contributed by atoms with Gasteiger partial charge in [-0.3, -0.25) is 10.1 Å². The molecule has 0 saturated carbocycles. The second-order valence-electron chi connectivity index (χ2n) is 4.74. The van der Waals surface area contributed by atoms with Crippen LogP contribution in [-0.2, 0) is 16.1 Å². The Morgan fingerprint density at radius 2 is 1.95 bits per heavy atom. The summed E-state index contributed by atoms with van der Waals surface area (Å²) in [7, 11) is 0. The van der Waals surface area contributed by atoms with Crippen LogP contribution in [0.25, 0.3) is 0 Å². The Morgan fingerprint density at radius 3 is 2.45 bits per heavy atom. The van der Waals surface area contributed by atoms with Crippen molar-refractivity contribution >= 4 is 5.97 Å². The summed E-state index contributed by atoms with van der Waals surface area (Å²) in [6, 6.07) is 6.76. The first-order valence-corrected chi connectivity index (χ1v) is 6.82. The molecule has 5 heteroatoms. The number of benzene rings is 1. The molecule has 0 aliphatic heterocycles. The lowest BCUT2D eigenvalue weighted by Crippen LogP contribution is -2.45. The van der Waals surface area contributed by atoms with Crippen LogP contribution in [0.4, 0.5) is 0 Å². The number of ether oxygens (including phenoxy) is 2. The lowest BCUT2D eigenvalue weighted by molar-refractivity contribution is -0.146. The van der Waals surface area contributed by atoms with E-state index in [0.29, 0.717) is 12.4 Å². The van der Waals surface area contributed by atoms with E-state index in [-0.39, 0.29) is 25.2 Å². The predicted octanol–water partition coefficient (Wildman–Crippen LogP) is 1.49. The number of hydrogen-bond donors (Lipinski definition) is 2. The van der Waals surface area contributed by atoms with Gasteiger partial charge >= 0.3 is 5.97 Å². The monoisotopic (exact) mass is 281 g/mol. The molecule has 1 aromatic carbocycles. The van der Waals surface area contributed by atoms with Crippen LogP contribution >= 0.6 is 0 Å². The van der Waals surface area contributed by atoms with Gasteiger partial charge in [0.1, 0.15) is 18.4 Å². The first-order chi connectivity index (χ1) is 9.56. The summed E-state index contributed by atoms with van der Waals surface area (Å²) in [6.07, 6.45) is 0. The first-order valence-electron chi connectivity index (χ1n) is 6.82. The summed E-state index contributed by atoms with van der Waals surface area (Å²) in [5, 5.41) is 12.1. The molecule has 1 aromatic rings. The largest absolute Gasteiger partial charge is 0.491 e. The highest BCUT2D eigenvalue weighted by molar-refractivity contribution is 5.76. The van der Waals surface area contributed by atoms with Crippen LogP contribution in [0.3, 0.4) is 0 Å². The minimum absolute atomic E-state index is 0.000631. The maximum atomic E-state index is 11.8. The summed E-state index contributed by atoms with van der Waals surface area (Å²) in [5.74, 6) is 0.343. The molecule has 0 aromatic heterocycles. The summed E-state index contributed by atoms with van der Waals surface area (Å²) >= 11 is 0. The van der Waals surface area contributed by atoms with Crippen LogP contribution in [0.5, 0.6) is 5.75 Å². The summed E-state index contributed by atoms with van der Waals surface area (Å²) < 4.78 is 10.6. The number of hydrogen-bond acceptors (Lipinski definition) is 5. The Labute approximate surface area is 119 Å². The van der Waals surface area contributed by atoms with Crippen molar-refractivity contribution in [1.29, 1.82) is 0 Å². The lowest BCUT2D eigenvalue weighted by atomic mass is 10.2.